The van der Waals surface area contributed by atoms with Crippen LogP contribution in [0.3, 0.4) is 0 Å². The minimum Gasteiger partial charge on any atom is -0.491 e. The molecule has 0 saturated heterocycles. The number of nitrogens with zero attached hydrogens (tertiary/aromatic N) is 1. The first-order valence-electron chi connectivity index (χ1n) is 7.68. The van der Waals surface area contributed by atoms with Gasteiger partial charge in [0.1, 0.15) is 12.4 Å². The number of ether oxygens (including phenoxy) is 1. The second-order valence-electron chi connectivity index (χ2n) is 5.96. The first-order chi connectivity index (χ1) is 11.8. The highest BCUT2D eigenvalue weighted by molar-refractivity contribution is 5.88. The molecule has 0 saturated carbocycles. The van der Waals surface area contributed by atoms with E-state index in [2.05, 4.69) is 0 Å². The number of carboxylic acid groups (broad SMARTS) is 1. The molecule has 7 heteroatoms. The van der Waals surface area contributed by atoms with Crippen molar-refractivity contribution < 1.29 is 27.8 Å². The maximum Gasteiger partial charge on any atom is 0.416 e. The number of halogens is 3. The molecule has 0 radical (unpaired) electrons. The van der Waals surface area contributed by atoms with E-state index in [1.54, 1.807) is 12.1 Å². The van der Waals surface area contributed by atoms with Crippen LogP contribution in [-0.2, 0) is 12.7 Å². The number of hydrogen-bond acceptors (Lipinski definition) is 3. The molecule has 0 amide bonds. The van der Waals surface area contributed by atoms with Crippen molar-refractivity contribution in [2.45, 2.75) is 25.7 Å². The third-order valence-electron chi connectivity index (χ3n) is 4.17. The summed E-state index contributed by atoms with van der Waals surface area (Å²) in [6.45, 7) is 2.42. The van der Waals surface area contributed by atoms with Crippen LogP contribution in [0.4, 0.5) is 18.9 Å². The van der Waals surface area contributed by atoms with Crippen LogP contribution < -0.4 is 9.64 Å². The molecular formula is C18H16F3NO3. The van der Waals surface area contributed by atoms with Crippen LogP contribution in [0.1, 0.15) is 28.4 Å². The van der Waals surface area contributed by atoms with Gasteiger partial charge in [-0.3, -0.25) is 0 Å². The molecule has 0 bridgehead atoms. The number of hydrogen-bond donors (Lipinski definition) is 1. The molecule has 25 heavy (non-hydrogen) atoms. The highest BCUT2D eigenvalue weighted by Crippen LogP contribution is 2.34. The molecule has 4 nitrogen and oxygen atoms in total. The molecule has 0 aromatic heterocycles. The van der Waals surface area contributed by atoms with Gasteiger partial charge in [-0.25, -0.2) is 4.79 Å². The smallest absolute Gasteiger partial charge is 0.416 e. The Labute approximate surface area is 142 Å². The average molecular weight is 351 g/mol. The molecule has 2 aromatic rings. The number of aromatic carboxylic acids is 1. The van der Waals surface area contributed by atoms with E-state index in [0.29, 0.717) is 18.0 Å². The number of benzene rings is 2. The Morgan fingerprint density at radius 2 is 2.00 bits per heavy atom. The molecule has 1 atom stereocenters. The summed E-state index contributed by atoms with van der Waals surface area (Å²) in [5.41, 5.74) is 0.579. The highest BCUT2D eigenvalue weighted by atomic mass is 19.4. The molecule has 2 aromatic carbocycles. The van der Waals surface area contributed by atoms with E-state index < -0.39 is 17.7 Å². The second kappa shape index (κ2) is 6.31. The molecule has 1 N–H and O–H groups in total. The number of carbonyl (C=O) groups is 1. The van der Waals surface area contributed by atoms with Crippen molar-refractivity contribution in [3.63, 3.8) is 0 Å². The molecule has 3 rings (SSSR count). The van der Waals surface area contributed by atoms with E-state index in [1.807, 2.05) is 11.8 Å². The predicted octanol–water partition coefficient (Wildman–Crippen LogP) is 4.19. The van der Waals surface area contributed by atoms with Crippen molar-refractivity contribution in [2.24, 2.45) is 0 Å². The van der Waals surface area contributed by atoms with Gasteiger partial charge in [0.15, 0.2) is 0 Å². The summed E-state index contributed by atoms with van der Waals surface area (Å²) >= 11 is 0. The maximum atomic E-state index is 13.0. The van der Waals surface area contributed by atoms with Gasteiger partial charge >= 0.3 is 12.1 Å². The highest BCUT2D eigenvalue weighted by Gasteiger charge is 2.31. The summed E-state index contributed by atoms with van der Waals surface area (Å²) in [5.74, 6) is -0.611. The molecule has 1 heterocycles. The largest absolute Gasteiger partial charge is 0.491 e. The molecule has 1 aliphatic rings. The van der Waals surface area contributed by atoms with Gasteiger partial charge in [-0.05, 0) is 37.3 Å². The van der Waals surface area contributed by atoms with Gasteiger partial charge in [0.05, 0.1) is 17.2 Å². The second-order valence-corrected chi connectivity index (χ2v) is 5.96. The normalized spacial score (nSPS) is 17.4. The summed E-state index contributed by atoms with van der Waals surface area (Å²) in [6, 6.07) is 9.53. The molecule has 0 unspecified atom stereocenters. The summed E-state index contributed by atoms with van der Waals surface area (Å²) in [5, 5.41) is 9.07. The van der Waals surface area contributed by atoms with Gasteiger partial charge in [0.2, 0.25) is 0 Å². The van der Waals surface area contributed by atoms with E-state index in [-0.39, 0.29) is 18.2 Å². The molecule has 0 aliphatic carbocycles. The number of rotatable bonds is 2. The zero-order valence-electron chi connectivity index (χ0n) is 13.4. The van der Waals surface area contributed by atoms with Gasteiger partial charge in [-0.2, -0.15) is 13.2 Å². The van der Waals surface area contributed by atoms with Crippen LogP contribution in [0.5, 0.6) is 5.75 Å². The van der Waals surface area contributed by atoms with Crippen LogP contribution >= 0.6 is 0 Å². The molecule has 1 aliphatic heterocycles. The Morgan fingerprint density at radius 3 is 2.68 bits per heavy atom. The van der Waals surface area contributed by atoms with E-state index in [4.69, 9.17) is 9.84 Å². The first kappa shape index (κ1) is 17.1. The van der Waals surface area contributed by atoms with Gasteiger partial charge in [-0.15, -0.1) is 0 Å². The van der Waals surface area contributed by atoms with Crippen molar-refractivity contribution in [3.05, 3.63) is 59.2 Å². The Kier molecular flexibility index (Phi) is 4.32. The monoisotopic (exact) mass is 351 g/mol. The average Bonchev–Trinajstić information content (AvgIpc) is 2.73. The number of alkyl halides is 3. The minimum atomic E-state index is -4.41. The van der Waals surface area contributed by atoms with Gasteiger partial charge in [0.25, 0.3) is 0 Å². The van der Waals surface area contributed by atoms with Crippen LogP contribution in [0.15, 0.2) is 42.5 Å². The van der Waals surface area contributed by atoms with Crippen molar-refractivity contribution in [1.82, 2.24) is 0 Å². The lowest BCUT2D eigenvalue weighted by Crippen LogP contribution is -2.35. The number of anilines is 1. The van der Waals surface area contributed by atoms with E-state index in [0.717, 1.165) is 17.7 Å². The Bertz CT molecular complexity index is 804. The van der Waals surface area contributed by atoms with Crippen LogP contribution in [-0.4, -0.2) is 23.7 Å². The van der Waals surface area contributed by atoms with E-state index in [1.165, 1.54) is 18.2 Å². The predicted molar refractivity (Wildman–Crippen MR) is 86.0 cm³/mol. The minimum absolute atomic E-state index is 0.110. The molecule has 0 fully saturated rings. The van der Waals surface area contributed by atoms with Crippen molar-refractivity contribution in [2.75, 3.05) is 11.5 Å². The third-order valence-corrected chi connectivity index (χ3v) is 4.17. The zero-order chi connectivity index (χ0) is 18.2. The summed E-state index contributed by atoms with van der Waals surface area (Å²) < 4.78 is 44.6. The fourth-order valence-corrected chi connectivity index (χ4v) is 2.80. The quantitative estimate of drug-likeness (QED) is 0.881. The topological polar surface area (TPSA) is 49.8 Å². The third kappa shape index (κ3) is 3.55. The summed E-state index contributed by atoms with van der Waals surface area (Å²) in [7, 11) is 0. The van der Waals surface area contributed by atoms with Crippen molar-refractivity contribution in [1.29, 1.82) is 0 Å². The Balaban J connectivity index is 1.96. The van der Waals surface area contributed by atoms with Crippen LogP contribution in [0.2, 0.25) is 0 Å². The maximum absolute atomic E-state index is 13.0. The lowest BCUT2D eigenvalue weighted by molar-refractivity contribution is -0.137. The van der Waals surface area contributed by atoms with E-state index >= 15 is 0 Å². The lowest BCUT2D eigenvalue weighted by Gasteiger charge is -2.29. The van der Waals surface area contributed by atoms with Crippen molar-refractivity contribution in [3.8, 4) is 5.75 Å². The molecule has 132 valence electrons. The van der Waals surface area contributed by atoms with Gasteiger partial charge in [0, 0.05) is 17.8 Å². The van der Waals surface area contributed by atoms with Crippen molar-refractivity contribution >= 4 is 11.7 Å². The molecular weight excluding hydrogens is 335 g/mol. The van der Waals surface area contributed by atoms with Gasteiger partial charge in [-0.1, -0.05) is 12.1 Å². The van der Waals surface area contributed by atoms with E-state index in [9.17, 15) is 18.0 Å². The SMILES string of the molecule is C[C@H]1COc2cc(C(=O)O)ccc2CN1c1cccc(C(F)(F)F)c1. The lowest BCUT2D eigenvalue weighted by atomic mass is 10.1. The summed E-state index contributed by atoms with van der Waals surface area (Å²) in [4.78, 5) is 12.9. The first-order valence-corrected chi connectivity index (χ1v) is 7.68. The summed E-state index contributed by atoms with van der Waals surface area (Å²) in [6.07, 6.45) is -4.41. The standard InChI is InChI=1S/C18H16F3NO3/c1-11-10-25-16-7-12(17(23)24)5-6-13(16)9-22(11)15-4-2-3-14(8-15)18(19,20)21/h2-8,11H,9-10H2,1H3,(H,23,24)/t11-/m0/s1. The molecule has 0 spiro atoms. The van der Waals surface area contributed by atoms with Crippen LogP contribution in [0.25, 0.3) is 0 Å². The zero-order valence-corrected chi connectivity index (χ0v) is 13.4. The number of carboxylic acids is 1. The fraction of sp³-hybridized carbons (Fsp3) is 0.278. The Hall–Kier alpha value is -2.70. The number of fused-ring (bicyclic) bond motifs is 1. The fourth-order valence-electron chi connectivity index (χ4n) is 2.80. The Morgan fingerprint density at radius 1 is 1.24 bits per heavy atom. The van der Waals surface area contributed by atoms with Gasteiger partial charge < -0.3 is 14.7 Å². The van der Waals surface area contributed by atoms with Crippen LogP contribution in [0, 0.1) is 0 Å².